The van der Waals surface area contributed by atoms with Crippen LogP contribution in [0.25, 0.3) is 0 Å². The fourth-order valence-electron chi connectivity index (χ4n) is 1.43. The van der Waals surface area contributed by atoms with Crippen molar-refractivity contribution in [2.45, 2.75) is 0 Å². The first-order valence-corrected chi connectivity index (χ1v) is 5.69. The molecule has 0 bridgehead atoms. The number of hydrogen-bond donors (Lipinski definition) is 3. The molecule has 1 aromatic heterocycles. The zero-order valence-electron chi connectivity index (χ0n) is 10.2. The third-order valence-electron chi connectivity index (χ3n) is 2.32. The second kappa shape index (κ2) is 6.20. The first-order valence-electron chi connectivity index (χ1n) is 5.69. The van der Waals surface area contributed by atoms with Gasteiger partial charge in [-0.05, 0) is 12.1 Å². The highest BCUT2D eigenvalue weighted by Crippen LogP contribution is 2.18. The molecule has 5 nitrogen and oxygen atoms in total. The summed E-state index contributed by atoms with van der Waals surface area (Å²) in [5, 5.41) is 13.8. The highest BCUT2D eigenvalue weighted by molar-refractivity contribution is 5.54. The van der Waals surface area contributed by atoms with Crippen molar-refractivity contribution in [1.29, 1.82) is 0 Å². The highest BCUT2D eigenvalue weighted by atomic mass is 19.2. The van der Waals surface area contributed by atoms with E-state index < -0.39 is 17.5 Å². The molecule has 0 radical (unpaired) electrons. The molecule has 0 aliphatic carbocycles. The molecule has 106 valence electrons. The summed E-state index contributed by atoms with van der Waals surface area (Å²) in [7, 11) is 0. The van der Waals surface area contributed by atoms with Gasteiger partial charge in [0.1, 0.15) is 0 Å². The van der Waals surface area contributed by atoms with Crippen molar-refractivity contribution in [2.75, 3.05) is 23.8 Å². The number of nitrogens with one attached hydrogen (secondary N) is 2. The topological polar surface area (TPSA) is 70.1 Å². The number of rotatable bonds is 5. The van der Waals surface area contributed by atoms with Crippen molar-refractivity contribution in [2.24, 2.45) is 0 Å². The van der Waals surface area contributed by atoms with E-state index in [0.717, 1.165) is 18.3 Å². The van der Waals surface area contributed by atoms with Gasteiger partial charge in [0.05, 0.1) is 12.8 Å². The summed E-state index contributed by atoms with van der Waals surface area (Å²) < 4.78 is 39.2. The number of anilines is 3. The van der Waals surface area contributed by atoms with Crippen molar-refractivity contribution in [3.8, 4) is 0 Å². The van der Waals surface area contributed by atoms with Gasteiger partial charge in [-0.1, -0.05) is 0 Å². The van der Waals surface area contributed by atoms with Crippen molar-refractivity contribution in [3.63, 3.8) is 0 Å². The van der Waals surface area contributed by atoms with E-state index in [9.17, 15) is 13.2 Å². The number of aliphatic hydroxyl groups excluding tert-OH is 1. The summed E-state index contributed by atoms with van der Waals surface area (Å²) in [6.07, 6.45) is 0.926. The molecule has 0 aliphatic heterocycles. The lowest BCUT2D eigenvalue weighted by atomic mass is 10.3. The Bertz CT molecular complexity index is 609. The highest BCUT2D eigenvalue weighted by Gasteiger charge is 2.08. The van der Waals surface area contributed by atoms with Crippen LogP contribution in [-0.4, -0.2) is 28.2 Å². The normalized spacial score (nSPS) is 10.4. The smallest absolute Gasteiger partial charge is 0.229 e. The van der Waals surface area contributed by atoms with Gasteiger partial charge in [0.2, 0.25) is 5.95 Å². The van der Waals surface area contributed by atoms with Crippen LogP contribution < -0.4 is 10.6 Å². The molecule has 8 heteroatoms. The van der Waals surface area contributed by atoms with E-state index in [2.05, 4.69) is 20.6 Å². The monoisotopic (exact) mass is 284 g/mol. The van der Waals surface area contributed by atoms with Crippen LogP contribution in [0.15, 0.2) is 24.4 Å². The van der Waals surface area contributed by atoms with Gasteiger partial charge in [-0.15, -0.1) is 0 Å². The Balaban J connectivity index is 2.18. The second-order valence-corrected chi connectivity index (χ2v) is 3.79. The Morgan fingerprint density at radius 3 is 2.60 bits per heavy atom. The molecule has 2 aromatic rings. The lowest BCUT2D eigenvalue weighted by Gasteiger charge is -2.08. The third-order valence-corrected chi connectivity index (χ3v) is 2.32. The van der Waals surface area contributed by atoms with Crippen molar-refractivity contribution in [1.82, 2.24) is 9.97 Å². The van der Waals surface area contributed by atoms with Gasteiger partial charge in [0, 0.05) is 18.3 Å². The van der Waals surface area contributed by atoms with Gasteiger partial charge in [-0.3, -0.25) is 0 Å². The van der Waals surface area contributed by atoms with Crippen LogP contribution in [0.2, 0.25) is 0 Å². The minimum atomic E-state index is -1.02. The molecule has 3 N–H and O–H groups in total. The maximum absolute atomic E-state index is 13.3. The molecule has 0 atom stereocenters. The van der Waals surface area contributed by atoms with Gasteiger partial charge < -0.3 is 15.7 Å². The molecular weight excluding hydrogens is 273 g/mol. The fourth-order valence-corrected chi connectivity index (χ4v) is 1.43. The summed E-state index contributed by atoms with van der Waals surface area (Å²) in [6.45, 7) is -0.0616. The van der Waals surface area contributed by atoms with Gasteiger partial charge in [-0.2, -0.15) is 4.98 Å². The van der Waals surface area contributed by atoms with Crippen molar-refractivity contribution in [3.05, 3.63) is 41.8 Å². The van der Waals surface area contributed by atoms with E-state index in [0.29, 0.717) is 0 Å². The molecule has 0 saturated heterocycles. The Kier molecular flexibility index (Phi) is 4.36. The molecule has 20 heavy (non-hydrogen) atoms. The lowest BCUT2D eigenvalue weighted by Crippen LogP contribution is -2.10. The number of benzene rings is 1. The Labute approximate surface area is 112 Å². The van der Waals surface area contributed by atoms with Crippen LogP contribution in [0.4, 0.5) is 30.6 Å². The van der Waals surface area contributed by atoms with Crippen LogP contribution in [0.1, 0.15) is 0 Å². The molecular formula is C12H11F3N4O. The number of hydrogen-bond acceptors (Lipinski definition) is 5. The number of aromatic nitrogens is 2. The minimum Gasteiger partial charge on any atom is -0.395 e. The predicted molar refractivity (Wildman–Crippen MR) is 67.2 cm³/mol. The van der Waals surface area contributed by atoms with E-state index in [4.69, 9.17) is 5.11 Å². The van der Waals surface area contributed by atoms with E-state index in [1.807, 2.05) is 0 Å². The van der Waals surface area contributed by atoms with Gasteiger partial charge >= 0.3 is 0 Å². The van der Waals surface area contributed by atoms with Crippen molar-refractivity contribution >= 4 is 17.5 Å². The Morgan fingerprint density at radius 2 is 1.90 bits per heavy atom. The first kappa shape index (κ1) is 14.1. The van der Waals surface area contributed by atoms with Crippen molar-refractivity contribution < 1.29 is 18.3 Å². The summed E-state index contributed by atoms with van der Waals surface area (Å²) in [5.41, 5.74) is 0.226. The molecule has 1 heterocycles. The first-order chi connectivity index (χ1) is 9.60. The Morgan fingerprint density at radius 1 is 1.10 bits per heavy atom. The molecule has 0 unspecified atom stereocenters. The standard InChI is InChI=1S/C12H11F3N4O/c13-8-2-1-7(5-9(8)14)18-12-17-6-10(15)11(19-12)16-3-4-20/h1-2,5-6,20H,3-4H2,(H2,16,17,18,19). The van der Waals surface area contributed by atoms with Gasteiger partial charge in [-0.25, -0.2) is 18.2 Å². The molecule has 2 rings (SSSR count). The SMILES string of the molecule is OCCNc1nc(Nc2ccc(F)c(F)c2)ncc1F. The van der Waals surface area contributed by atoms with Crippen LogP contribution >= 0.6 is 0 Å². The molecule has 0 amide bonds. The lowest BCUT2D eigenvalue weighted by molar-refractivity contribution is 0.310. The zero-order chi connectivity index (χ0) is 14.5. The maximum Gasteiger partial charge on any atom is 0.229 e. The van der Waals surface area contributed by atoms with Crippen LogP contribution in [0.5, 0.6) is 0 Å². The van der Waals surface area contributed by atoms with Crippen LogP contribution in [-0.2, 0) is 0 Å². The van der Waals surface area contributed by atoms with Crippen LogP contribution in [0, 0.1) is 17.5 Å². The fraction of sp³-hybridized carbons (Fsp3) is 0.167. The quantitative estimate of drug-likeness (QED) is 0.784. The largest absolute Gasteiger partial charge is 0.395 e. The molecule has 0 spiro atoms. The summed E-state index contributed by atoms with van der Waals surface area (Å²) >= 11 is 0. The zero-order valence-corrected chi connectivity index (χ0v) is 10.2. The van der Waals surface area contributed by atoms with E-state index in [1.165, 1.54) is 6.07 Å². The van der Waals surface area contributed by atoms with E-state index in [1.54, 1.807) is 0 Å². The van der Waals surface area contributed by atoms with Crippen LogP contribution in [0.3, 0.4) is 0 Å². The third kappa shape index (κ3) is 3.35. The van der Waals surface area contributed by atoms with E-state index >= 15 is 0 Å². The number of aliphatic hydroxyl groups is 1. The minimum absolute atomic E-state index is 0.0119. The maximum atomic E-state index is 13.3. The molecule has 1 aromatic carbocycles. The number of nitrogens with zero attached hydrogens (tertiary/aromatic N) is 2. The van der Waals surface area contributed by atoms with Gasteiger partial charge in [0.15, 0.2) is 23.3 Å². The van der Waals surface area contributed by atoms with Gasteiger partial charge in [0.25, 0.3) is 0 Å². The average Bonchev–Trinajstić information content (AvgIpc) is 2.43. The summed E-state index contributed by atoms with van der Waals surface area (Å²) in [5.74, 6) is -2.76. The number of halogens is 3. The predicted octanol–water partition coefficient (Wildman–Crippen LogP) is 2.04. The average molecular weight is 284 g/mol. The molecule has 0 saturated carbocycles. The summed E-state index contributed by atoms with van der Waals surface area (Å²) in [4.78, 5) is 7.50. The molecule has 0 fully saturated rings. The Hall–Kier alpha value is -2.35. The second-order valence-electron chi connectivity index (χ2n) is 3.79. The summed E-state index contributed by atoms with van der Waals surface area (Å²) in [6, 6.07) is 3.18. The van der Waals surface area contributed by atoms with E-state index in [-0.39, 0.29) is 30.6 Å². The molecule has 0 aliphatic rings.